The van der Waals surface area contributed by atoms with Gasteiger partial charge >= 0.3 is 0 Å². The summed E-state index contributed by atoms with van der Waals surface area (Å²) in [5, 5.41) is 1.10. The first-order chi connectivity index (χ1) is 23.0. The van der Waals surface area contributed by atoms with Gasteiger partial charge in [0, 0.05) is 21.9 Å². The summed E-state index contributed by atoms with van der Waals surface area (Å²) in [5.41, 5.74) is 6.42. The van der Waals surface area contributed by atoms with Crippen molar-refractivity contribution in [3.63, 3.8) is 0 Å². The third-order valence-electron chi connectivity index (χ3n) is 7.61. The van der Waals surface area contributed by atoms with Crippen molar-refractivity contribution in [3.05, 3.63) is 158 Å². The molecular formula is C39H26N4. The van der Waals surface area contributed by atoms with Crippen molar-refractivity contribution in [2.24, 2.45) is 0 Å². The van der Waals surface area contributed by atoms with E-state index in [1.54, 1.807) is 4.57 Å². The largest absolute Gasteiger partial charge is 0.278 e. The molecule has 0 N–H and O–H groups in total. The summed E-state index contributed by atoms with van der Waals surface area (Å²) in [6, 6.07) is 42.5. The lowest BCUT2D eigenvalue weighted by atomic mass is 9.92. The Labute approximate surface area is 255 Å². The van der Waals surface area contributed by atoms with Crippen molar-refractivity contribution in [2.45, 2.75) is 0 Å². The number of hydrogen-bond acceptors (Lipinski definition) is 3. The molecule has 0 unspecified atom stereocenters. The van der Waals surface area contributed by atoms with Gasteiger partial charge in [-0.05, 0) is 34.4 Å². The molecular weight excluding hydrogens is 524 g/mol. The molecule has 0 amide bonds. The maximum absolute atomic E-state index is 9.16. The molecule has 0 fully saturated rings. The molecule has 0 bridgehead atoms. The number of hydrogen-bond donors (Lipinski definition) is 0. The van der Waals surface area contributed by atoms with E-state index in [9.17, 15) is 0 Å². The van der Waals surface area contributed by atoms with E-state index in [1.165, 1.54) is 0 Å². The number of aromatic nitrogens is 4. The van der Waals surface area contributed by atoms with Crippen LogP contribution >= 0.6 is 0 Å². The van der Waals surface area contributed by atoms with E-state index < -0.39 is 0 Å². The Morgan fingerprint density at radius 3 is 1.63 bits per heavy atom. The average Bonchev–Trinajstić information content (AvgIpc) is 3.50. The predicted octanol–water partition coefficient (Wildman–Crippen LogP) is 9.64. The van der Waals surface area contributed by atoms with Crippen LogP contribution in [0.15, 0.2) is 158 Å². The normalized spacial score (nSPS) is 12.6. The minimum atomic E-state index is -0.321. The van der Waals surface area contributed by atoms with Crippen LogP contribution < -0.4 is 0 Å². The molecule has 0 saturated heterocycles. The zero-order chi connectivity index (χ0) is 32.1. The minimum absolute atomic E-state index is 0.116. The number of nitrogens with zero attached hydrogens (tertiary/aromatic N) is 4. The highest BCUT2D eigenvalue weighted by atomic mass is 15.2. The highest BCUT2D eigenvalue weighted by Gasteiger charge is 2.20. The summed E-state index contributed by atoms with van der Waals surface area (Å²) in [6.45, 7) is 0. The lowest BCUT2D eigenvalue weighted by molar-refractivity contribution is 0.953. The van der Waals surface area contributed by atoms with Crippen LogP contribution in [0.3, 0.4) is 0 Å². The molecule has 0 atom stereocenters. The van der Waals surface area contributed by atoms with Crippen molar-refractivity contribution in [1.29, 1.82) is 0 Å². The van der Waals surface area contributed by atoms with Crippen LogP contribution in [0.25, 0.3) is 72.8 Å². The van der Waals surface area contributed by atoms with Gasteiger partial charge in [-0.3, -0.25) is 4.57 Å². The molecule has 0 aliphatic rings. The van der Waals surface area contributed by atoms with Crippen LogP contribution in [-0.4, -0.2) is 19.5 Å². The molecule has 4 nitrogen and oxygen atoms in total. The molecule has 43 heavy (non-hydrogen) atoms. The predicted molar refractivity (Wildman–Crippen MR) is 176 cm³/mol. The van der Waals surface area contributed by atoms with Crippen LogP contribution in [0.1, 0.15) is 5.48 Å². The Morgan fingerprint density at radius 2 is 0.977 bits per heavy atom. The van der Waals surface area contributed by atoms with Gasteiger partial charge in [0.15, 0.2) is 11.6 Å². The molecule has 0 saturated carbocycles. The zero-order valence-corrected chi connectivity index (χ0v) is 23.0. The fourth-order valence-corrected chi connectivity index (χ4v) is 5.68. The molecule has 0 aliphatic carbocycles. The highest BCUT2D eigenvalue weighted by Crippen LogP contribution is 2.41. The second kappa shape index (κ2) is 10.5. The maximum Gasteiger partial charge on any atom is 0.238 e. The molecule has 8 rings (SSSR count). The Balaban J connectivity index is 1.52. The van der Waals surface area contributed by atoms with E-state index in [2.05, 4.69) is 24.3 Å². The fraction of sp³-hybridized carbons (Fsp3) is 0. The third kappa shape index (κ3) is 4.37. The van der Waals surface area contributed by atoms with Gasteiger partial charge < -0.3 is 0 Å². The first-order valence-electron chi connectivity index (χ1n) is 16.1. The lowest BCUT2D eigenvalue weighted by Gasteiger charge is -2.13. The molecule has 2 heterocycles. The number of rotatable bonds is 5. The van der Waals surface area contributed by atoms with Gasteiger partial charge in [0.25, 0.3) is 0 Å². The molecule has 202 valence electrons. The van der Waals surface area contributed by atoms with Crippen LogP contribution in [0.5, 0.6) is 0 Å². The van der Waals surface area contributed by atoms with Gasteiger partial charge in [-0.1, -0.05) is 146 Å². The van der Waals surface area contributed by atoms with Crippen LogP contribution in [-0.2, 0) is 0 Å². The van der Waals surface area contributed by atoms with E-state index in [1.807, 2.05) is 109 Å². The second-order valence-electron chi connectivity index (χ2n) is 10.2. The quantitative estimate of drug-likeness (QED) is 0.213. The van der Waals surface area contributed by atoms with Gasteiger partial charge in [-0.15, -0.1) is 0 Å². The average molecular weight is 555 g/mol. The summed E-state index contributed by atoms with van der Waals surface area (Å²) < 4.78 is 37.4. The van der Waals surface area contributed by atoms with Crippen molar-refractivity contribution >= 4 is 21.8 Å². The summed E-state index contributed by atoms with van der Waals surface area (Å²) >= 11 is 0. The first kappa shape index (κ1) is 20.9. The fourth-order valence-electron chi connectivity index (χ4n) is 5.68. The summed E-state index contributed by atoms with van der Waals surface area (Å²) in [5.74, 6) is 1.17. The van der Waals surface area contributed by atoms with Crippen molar-refractivity contribution in [3.8, 4) is 51.0 Å². The zero-order valence-electron chi connectivity index (χ0n) is 27.0. The second-order valence-corrected chi connectivity index (χ2v) is 10.2. The standard InChI is InChI=1S/C39H26N4/c1-4-15-27(16-5-1)30-21-10-11-22-31(30)32-24-14-26-35-36(32)33-23-12-13-25-34(33)43(35)39-41-37(28-17-6-2-7-18-28)40-38(42-39)29-19-8-3-9-20-29/h1-26H/i12D,13D,23D,25D. The van der Waals surface area contributed by atoms with Crippen molar-refractivity contribution in [1.82, 2.24) is 19.5 Å². The van der Waals surface area contributed by atoms with Crippen LogP contribution in [0.2, 0.25) is 0 Å². The van der Waals surface area contributed by atoms with Crippen LogP contribution in [0, 0.1) is 0 Å². The Kier molecular flexibility index (Phi) is 5.11. The molecule has 0 radical (unpaired) electrons. The summed E-state index contributed by atoms with van der Waals surface area (Å²) in [7, 11) is 0. The van der Waals surface area contributed by atoms with E-state index in [0.29, 0.717) is 33.5 Å². The van der Waals surface area contributed by atoms with E-state index in [4.69, 9.17) is 20.4 Å². The first-order valence-corrected chi connectivity index (χ1v) is 14.1. The van der Waals surface area contributed by atoms with Gasteiger partial charge in [-0.2, -0.15) is 9.97 Å². The van der Waals surface area contributed by atoms with Gasteiger partial charge in [-0.25, -0.2) is 4.98 Å². The third-order valence-corrected chi connectivity index (χ3v) is 7.61. The van der Waals surface area contributed by atoms with E-state index in [0.717, 1.165) is 33.4 Å². The van der Waals surface area contributed by atoms with Crippen molar-refractivity contribution in [2.75, 3.05) is 0 Å². The molecule has 4 heteroatoms. The number of fused-ring (bicyclic) bond motifs is 3. The topological polar surface area (TPSA) is 43.6 Å². The Bertz CT molecular complexity index is 2390. The molecule has 0 spiro atoms. The Hall–Kier alpha value is -5.87. The van der Waals surface area contributed by atoms with Crippen molar-refractivity contribution < 1.29 is 5.48 Å². The smallest absolute Gasteiger partial charge is 0.238 e. The summed E-state index contributed by atoms with van der Waals surface area (Å²) in [4.78, 5) is 14.7. The minimum Gasteiger partial charge on any atom is -0.278 e. The molecule has 6 aromatic carbocycles. The van der Waals surface area contributed by atoms with Gasteiger partial charge in [0.05, 0.1) is 16.5 Å². The Morgan fingerprint density at radius 1 is 0.442 bits per heavy atom. The van der Waals surface area contributed by atoms with E-state index >= 15 is 0 Å². The number of para-hydroxylation sites is 1. The van der Waals surface area contributed by atoms with Gasteiger partial charge in [0.1, 0.15) is 0 Å². The molecule has 8 aromatic rings. The van der Waals surface area contributed by atoms with Gasteiger partial charge in [0.2, 0.25) is 5.95 Å². The summed E-state index contributed by atoms with van der Waals surface area (Å²) in [6.07, 6.45) is 0. The lowest BCUT2D eigenvalue weighted by Crippen LogP contribution is -2.06. The maximum atomic E-state index is 9.16. The molecule has 2 aromatic heterocycles. The SMILES string of the molecule is [2H]c1c([2H])c([2H])c2c(c1[2H])c1c(-c3ccccc3-c3ccccc3)cccc1n2-c1nc(-c2ccccc2)nc(-c2ccccc2)n1. The van der Waals surface area contributed by atoms with E-state index in [-0.39, 0.29) is 30.1 Å². The molecule has 0 aliphatic heterocycles. The van der Waals surface area contributed by atoms with Crippen LogP contribution in [0.4, 0.5) is 0 Å². The number of benzene rings is 6. The highest BCUT2D eigenvalue weighted by molar-refractivity contribution is 6.16. The monoisotopic (exact) mass is 554 g/mol.